The van der Waals surface area contributed by atoms with Gasteiger partial charge in [0.25, 0.3) is 0 Å². The van der Waals surface area contributed by atoms with Crippen molar-refractivity contribution in [3.8, 4) is 0 Å². The Kier molecular flexibility index (Phi) is 4.07. The number of hydrogen-bond acceptors (Lipinski definition) is 2. The highest BCUT2D eigenvalue weighted by Crippen LogP contribution is 2.47. The molecule has 3 heteroatoms. The molecule has 0 bridgehead atoms. The molecule has 1 aliphatic rings. The monoisotopic (exact) mass is 260 g/mol. The van der Waals surface area contributed by atoms with Crippen molar-refractivity contribution in [3.05, 3.63) is 29.3 Å². The minimum Gasteiger partial charge on any atom is -0.423 e. The number of hydrogen-bond donors (Lipinski definition) is 2. The predicted octanol–water partition coefficient (Wildman–Crippen LogP) is 2.25. The van der Waals surface area contributed by atoms with E-state index in [0.29, 0.717) is 17.3 Å². The molecule has 1 aromatic rings. The molecule has 0 saturated heterocycles. The van der Waals surface area contributed by atoms with Gasteiger partial charge in [0.05, 0.1) is 0 Å². The van der Waals surface area contributed by atoms with Crippen molar-refractivity contribution < 1.29 is 10.0 Å². The second-order valence-electron chi connectivity index (χ2n) is 6.49. The third-order valence-corrected chi connectivity index (χ3v) is 5.03. The first-order chi connectivity index (χ1) is 8.89. The predicted molar refractivity (Wildman–Crippen MR) is 80.6 cm³/mol. The summed E-state index contributed by atoms with van der Waals surface area (Å²) >= 11 is 0. The van der Waals surface area contributed by atoms with E-state index in [-0.39, 0.29) is 5.41 Å². The molecule has 0 aliphatic heterocycles. The van der Waals surface area contributed by atoms with Gasteiger partial charge < -0.3 is 10.0 Å². The molecule has 0 amide bonds. The van der Waals surface area contributed by atoms with Gasteiger partial charge in [-0.15, -0.1) is 0 Å². The minimum atomic E-state index is -1.37. The molecular formula is C16H25BO2. The highest BCUT2D eigenvalue weighted by molar-refractivity contribution is 6.58. The van der Waals surface area contributed by atoms with Crippen LogP contribution in [0.15, 0.2) is 18.2 Å². The zero-order valence-corrected chi connectivity index (χ0v) is 12.5. The third-order valence-electron chi connectivity index (χ3n) is 5.03. The third kappa shape index (κ3) is 2.34. The van der Waals surface area contributed by atoms with Crippen molar-refractivity contribution in [1.29, 1.82) is 0 Å². The molecule has 0 saturated carbocycles. The Labute approximate surface area is 117 Å². The van der Waals surface area contributed by atoms with Crippen LogP contribution in [0.25, 0.3) is 0 Å². The van der Waals surface area contributed by atoms with Gasteiger partial charge in [0.2, 0.25) is 0 Å². The summed E-state index contributed by atoms with van der Waals surface area (Å²) in [5, 5.41) is 18.9. The van der Waals surface area contributed by atoms with Crippen molar-refractivity contribution in [2.45, 2.75) is 52.4 Å². The van der Waals surface area contributed by atoms with Gasteiger partial charge in [0, 0.05) is 5.41 Å². The first-order valence-electron chi connectivity index (χ1n) is 7.39. The molecule has 1 aliphatic carbocycles. The molecule has 104 valence electrons. The molecule has 2 rings (SSSR count). The van der Waals surface area contributed by atoms with Crippen molar-refractivity contribution >= 4 is 12.6 Å². The summed E-state index contributed by atoms with van der Waals surface area (Å²) in [4.78, 5) is 0. The van der Waals surface area contributed by atoms with Crippen LogP contribution in [-0.2, 0) is 11.8 Å². The lowest BCUT2D eigenvalue weighted by molar-refractivity contribution is 0.186. The fraction of sp³-hybridized carbons (Fsp3) is 0.625. The highest BCUT2D eigenvalue weighted by Gasteiger charge is 2.42. The summed E-state index contributed by atoms with van der Waals surface area (Å²) in [7, 11) is -1.37. The largest absolute Gasteiger partial charge is 0.488 e. The fourth-order valence-corrected chi connectivity index (χ4v) is 3.98. The van der Waals surface area contributed by atoms with Crippen molar-refractivity contribution in [2.24, 2.45) is 11.8 Å². The summed E-state index contributed by atoms with van der Waals surface area (Å²) in [6, 6.07) is 5.96. The molecule has 0 spiro atoms. The number of aryl methyl sites for hydroxylation is 1. The summed E-state index contributed by atoms with van der Waals surface area (Å²) in [5.74, 6) is 1.11. The Morgan fingerprint density at radius 2 is 1.74 bits per heavy atom. The lowest BCUT2D eigenvalue weighted by Crippen LogP contribution is -2.43. The van der Waals surface area contributed by atoms with E-state index in [1.54, 1.807) is 0 Å². The second kappa shape index (κ2) is 5.30. The first kappa shape index (κ1) is 14.6. The molecule has 0 unspecified atom stereocenters. The van der Waals surface area contributed by atoms with Crippen LogP contribution in [0.2, 0.25) is 0 Å². The highest BCUT2D eigenvalue weighted by atomic mass is 16.4. The Balaban J connectivity index is 2.61. The first-order valence-corrected chi connectivity index (χ1v) is 7.39. The molecule has 1 aromatic carbocycles. The summed E-state index contributed by atoms with van der Waals surface area (Å²) in [6.45, 7) is 9.16. The van der Waals surface area contributed by atoms with E-state index in [9.17, 15) is 10.0 Å². The summed E-state index contributed by atoms with van der Waals surface area (Å²) in [6.07, 6.45) is 3.53. The normalized spacial score (nSPS) is 17.7. The molecule has 2 N–H and O–H groups in total. The van der Waals surface area contributed by atoms with Crippen LogP contribution in [0.1, 0.15) is 51.7 Å². The SMILES string of the molecule is CC(C)C1(C(C)C)CCCc2ccc(B(O)O)cc21. The number of fused-ring (bicyclic) bond motifs is 1. The summed E-state index contributed by atoms with van der Waals surface area (Å²) < 4.78 is 0. The zero-order chi connectivity index (χ0) is 14.2. The van der Waals surface area contributed by atoms with Crippen LogP contribution in [0.3, 0.4) is 0 Å². The van der Waals surface area contributed by atoms with Gasteiger partial charge in [-0.05, 0) is 47.7 Å². The van der Waals surface area contributed by atoms with Gasteiger partial charge in [-0.25, -0.2) is 0 Å². The fourth-order valence-electron chi connectivity index (χ4n) is 3.98. The van der Waals surface area contributed by atoms with Gasteiger partial charge in [0.1, 0.15) is 0 Å². The van der Waals surface area contributed by atoms with E-state index in [0.717, 1.165) is 6.42 Å². The van der Waals surface area contributed by atoms with Crippen LogP contribution < -0.4 is 5.46 Å². The smallest absolute Gasteiger partial charge is 0.423 e. The second-order valence-corrected chi connectivity index (χ2v) is 6.49. The zero-order valence-electron chi connectivity index (χ0n) is 12.5. The maximum atomic E-state index is 9.43. The van der Waals surface area contributed by atoms with E-state index in [1.807, 2.05) is 12.1 Å². The summed E-state index contributed by atoms with van der Waals surface area (Å²) in [5.41, 5.74) is 3.51. The Morgan fingerprint density at radius 3 is 2.26 bits per heavy atom. The molecule has 0 atom stereocenters. The quantitative estimate of drug-likeness (QED) is 0.818. The van der Waals surface area contributed by atoms with Crippen LogP contribution >= 0.6 is 0 Å². The lowest BCUT2D eigenvalue weighted by atomic mass is 9.57. The maximum absolute atomic E-state index is 9.43. The Morgan fingerprint density at radius 1 is 1.11 bits per heavy atom. The minimum absolute atomic E-state index is 0.165. The van der Waals surface area contributed by atoms with E-state index in [4.69, 9.17) is 0 Å². The molecule has 0 aromatic heterocycles. The van der Waals surface area contributed by atoms with Crippen molar-refractivity contribution in [3.63, 3.8) is 0 Å². The van der Waals surface area contributed by atoms with E-state index in [1.165, 1.54) is 24.0 Å². The standard InChI is InChI=1S/C16H25BO2/c1-11(2)16(12(3)4)9-5-6-13-7-8-14(17(18)19)10-15(13)16/h7-8,10-12,18-19H,5-6,9H2,1-4H3. The van der Waals surface area contributed by atoms with Gasteiger partial charge in [-0.3, -0.25) is 0 Å². The van der Waals surface area contributed by atoms with Gasteiger partial charge in [0.15, 0.2) is 0 Å². The molecule has 0 heterocycles. The molecule has 0 radical (unpaired) electrons. The maximum Gasteiger partial charge on any atom is 0.488 e. The van der Waals surface area contributed by atoms with Crippen molar-refractivity contribution in [2.75, 3.05) is 0 Å². The van der Waals surface area contributed by atoms with E-state index in [2.05, 4.69) is 33.8 Å². The molecule has 19 heavy (non-hydrogen) atoms. The average molecular weight is 260 g/mol. The van der Waals surface area contributed by atoms with Crippen LogP contribution in [0.5, 0.6) is 0 Å². The average Bonchev–Trinajstić information content (AvgIpc) is 2.36. The van der Waals surface area contributed by atoms with Gasteiger partial charge in [-0.1, -0.05) is 45.9 Å². The lowest BCUT2D eigenvalue weighted by Gasteiger charge is -2.46. The number of rotatable bonds is 3. The van der Waals surface area contributed by atoms with Gasteiger partial charge >= 0.3 is 7.12 Å². The van der Waals surface area contributed by atoms with E-state index >= 15 is 0 Å². The topological polar surface area (TPSA) is 40.5 Å². The molecule has 0 fully saturated rings. The molecule has 2 nitrogen and oxygen atoms in total. The molecular weight excluding hydrogens is 235 g/mol. The van der Waals surface area contributed by atoms with E-state index < -0.39 is 7.12 Å². The van der Waals surface area contributed by atoms with Crippen LogP contribution in [0.4, 0.5) is 0 Å². The number of benzene rings is 1. The Hall–Kier alpha value is -0.795. The van der Waals surface area contributed by atoms with Gasteiger partial charge in [-0.2, -0.15) is 0 Å². The van der Waals surface area contributed by atoms with Crippen LogP contribution in [0, 0.1) is 11.8 Å². The van der Waals surface area contributed by atoms with Crippen LogP contribution in [-0.4, -0.2) is 17.2 Å². The Bertz CT molecular complexity index is 444. The van der Waals surface area contributed by atoms with Crippen molar-refractivity contribution in [1.82, 2.24) is 0 Å².